The Bertz CT molecular complexity index is 1100. The molecule has 6 heteroatoms. The molecule has 2 N–H and O–H groups in total. The summed E-state index contributed by atoms with van der Waals surface area (Å²) in [4.78, 5) is 22.0. The lowest BCUT2D eigenvalue weighted by atomic mass is 10.2. The molecular weight excluding hydrogens is 386 g/mol. The van der Waals surface area contributed by atoms with Gasteiger partial charge in [-0.2, -0.15) is 0 Å². The van der Waals surface area contributed by atoms with Crippen LogP contribution in [0.15, 0.2) is 103 Å². The van der Waals surface area contributed by atoms with Crippen LogP contribution in [0.4, 0.5) is 11.6 Å². The maximum absolute atomic E-state index is 13.2. The largest absolute Gasteiger partial charge is 0.366 e. The zero-order valence-corrected chi connectivity index (χ0v) is 17.0. The van der Waals surface area contributed by atoms with E-state index in [1.807, 2.05) is 60.7 Å². The van der Waals surface area contributed by atoms with Crippen molar-refractivity contribution in [3.63, 3.8) is 0 Å². The van der Waals surface area contributed by atoms with Crippen molar-refractivity contribution in [2.75, 3.05) is 10.3 Å². The van der Waals surface area contributed by atoms with Crippen molar-refractivity contribution >= 4 is 17.5 Å². The Kier molecular flexibility index (Phi) is 6.62. The third kappa shape index (κ3) is 5.52. The standard InChI is InChI=1S/C25H23N5O/c31-25(22-13-8-16-26-19-22)30(28-18-21-11-5-2-6-12-21)24-15-7-14-23(29-24)27-17-20-9-3-1-4-10-20/h1-16,19,28H,17-18H2,(H,27,29). The van der Waals surface area contributed by atoms with Crippen LogP contribution in [-0.2, 0) is 13.1 Å². The second-order valence-electron chi connectivity index (χ2n) is 6.92. The van der Waals surface area contributed by atoms with Crippen molar-refractivity contribution in [3.8, 4) is 0 Å². The quantitative estimate of drug-likeness (QED) is 0.421. The van der Waals surface area contributed by atoms with Gasteiger partial charge in [0.15, 0.2) is 5.82 Å². The number of hydrazine groups is 1. The molecule has 2 aromatic carbocycles. The van der Waals surface area contributed by atoms with Crippen molar-refractivity contribution in [1.29, 1.82) is 0 Å². The summed E-state index contributed by atoms with van der Waals surface area (Å²) in [5.41, 5.74) is 5.91. The van der Waals surface area contributed by atoms with Gasteiger partial charge >= 0.3 is 0 Å². The van der Waals surface area contributed by atoms with Gasteiger partial charge in [-0.3, -0.25) is 9.78 Å². The van der Waals surface area contributed by atoms with Gasteiger partial charge in [0.1, 0.15) is 5.82 Å². The van der Waals surface area contributed by atoms with E-state index in [1.165, 1.54) is 5.01 Å². The highest BCUT2D eigenvalue weighted by atomic mass is 16.2. The van der Waals surface area contributed by atoms with E-state index < -0.39 is 0 Å². The Morgan fingerprint density at radius 1 is 0.774 bits per heavy atom. The molecule has 0 saturated heterocycles. The van der Waals surface area contributed by atoms with Gasteiger partial charge in [0.05, 0.1) is 5.56 Å². The summed E-state index contributed by atoms with van der Waals surface area (Å²) in [6.45, 7) is 1.13. The van der Waals surface area contributed by atoms with Crippen LogP contribution in [0.25, 0.3) is 0 Å². The molecule has 2 heterocycles. The minimum Gasteiger partial charge on any atom is -0.366 e. The molecule has 4 rings (SSSR count). The van der Waals surface area contributed by atoms with E-state index in [2.05, 4.69) is 32.8 Å². The normalized spacial score (nSPS) is 10.5. The highest BCUT2D eigenvalue weighted by molar-refractivity contribution is 6.04. The molecule has 154 valence electrons. The molecule has 0 saturated carbocycles. The number of carbonyl (C=O) groups excluding carboxylic acids is 1. The second kappa shape index (κ2) is 10.1. The lowest BCUT2D eigenvalue weighted by molar-refractivity contribution is 0.0972. The molecule has 0 aliphatic carbocycles. The Hall–Kier alpha value is -4.03. The number of anilines is 2. The molecule has 0 radical (unpaired) electrons. The van der Waals surface area contributed by atoms with Gasteiger partial charge in [0.25, 0.3) is 5.91 Å². The first kappa shape index (κ1) is 20.3. The fraction of sp³-hybridized carbons (Fsp3) is 0.0800. The summed E-state index contributed by atoms with van der Waals surface area (Å²) >= 11 is 0. The maximum atomic E-state index is 13.2. The molecule has 0 unspecified atom stereocenters. The molecular formula is C25H23N5O. The number of benzene rings is 2. The predicted octanol–water partition coefficient (Wildman–Crippen LogP) is 4.44. The van der Waals surface area contributed by atoms with Gasteiger partial charge in [0.2, 0.25) is 0 Å². The average molecular weight is 409 g/mol. The first-order chi connectivity index (χ1) is 15.3. The Morgan fingerprint density at radius 2 is 1.48 bits per heavy atom. The van der Waals surface area contributed by atoms with Gasteiger partial charge in [-0.05, 0) is 35.4 Å². The zero-order chi connectivity index (χ0) is 21.3. The number of pyridine rings is 2. The molecule has 31 heavy (non-hydrogen) atoms. The van der Waals surface area contributed by atoms with E-state index in [9.17, 15) is 4.79 Å². The number of nitrogens with zero attached hydrogens (tertiary/aromatic N) is 3. The first-order valence-electron chi connectivity index (χ1n) is 10.1. The lowest BCUT2D eigenvalue weighted by Gasteiger charge is -2.23. The Morgan fingerprint density at radius 3 is 2.16 bits per heavy atom. The summed E-state index contributed by atoms with van der Waals surface area (Å²) in [6.07, 6.45) is 3.20. The number of amides is 1. The molecule has 0 aliphatic heterocycles. The van der Waals surface area contributed by atoms with Crippen LogP contribution in [-0.4, -0.2) is 15.9 Å². The summed E-state index contributed by atoms with van der Waals surface area (Å²) in [5.74, 6) is 0.964. The van der Waals surface area contributed by atoms with Crippen LogP contribution in [0, 0.1) is 0 Å². The van der Waals surface area contributed by atoms with Gasteiger partial charge in [0, 0.05) is 25.5 Å². The topological polar surface area (TPSA) is 70.2 Å². The highest BCUT2D eigenvalue weighted by Gasteiger charge is 2.19. The fourth-order valence-corrected chi connectivity index (χ4v) is 3.08. The van der Waals surface area contributed by atoms with Crippen molar-refractivity contribution in [2.45, 2.75) is 13.1 Å². The average Bonchev–Trinajstić information content (AvgIpc) is 2.85. The number of hydrogen-bond donors (Lipinski definition) is 2. The van der Waals surface area contributed by atoms with Crippen LogP contribution in [0.1, 0.15) is 21.5 Å². The van der Waals surface area contributed by atoms with Gasteiger partial charge < -0.3 is 5.32 Å². The van der Waals surface area contributed by atoms with Crippen molar-refractivity contribution in [3.05, 3.63) is 120 Å². The zero-order valence-electron chi connectivity index (χ0n) is 17.0. The minimum atomic E-state index is -0.225. The third-order valence-electron chi connectivity index (χ3n) is 4.68. The lowest BCUT2D eigenvalue weighted by Crippen LogP contribution is -2.43. The molecule has 0 aliphatic rings. The van der Waals surface area contributed by atoms with Gasteiger partial charge in [-0.15, -0.1) is 0 Å². The monoisotopic (exact) mass is 409 g/mol. The number of carbonyl (C=O) groups is 1. The van der Waals surface area contributed by atoms with Crippen LogP contribution in [0.2, 0.25) is 0 Å². The van der Waals surface area contributed by atoms with E-state index in [0.29, 0.717) is 30.3 Å². The smallest absolute Gasteiger partial charge is 0.275 e. The second-order valence-corrected chi connectivity index (χ2v) is 6.92. The number of hydrogen-bond acceptors (Lipinski definition) is 5. The molecule has 0 bridgehead atoms. The fourth-order valence-electron chi connectivity index (χ4n) is 3.08. The molecule has 1 amide bonds. The predicted molar refractivity (Wildman–Crippen MR) is 122 cm³/mol. The molecule has 0 atom stereocenters. The Labute approximate surface area is 181 Å². The highest BCUT2D eigenvalue weighted by Crippen LogP contribution is 2.17. The van der Waals surface area contributed by atoms with Crippen molar-refractivity contribution in [2.24, 2.45) is 0 Å². The summed E-state index contributed by atoms with van der Waals surface area (Å²) < 4.78 is 0. The van der Waals surface area contributed by atoms with E-state index in [1.54, 1.807) is 30.6 Å². The first-order valence-corrected chi connectivity index (χ1v) is 10.1. The van der Waals surface area contributed by atoms with E-state index in [-0.39, 0.29) is 5.91 Å². The van der Waals surface area contributed by atoms with Crippen LogP contribution in [0.5, 0.6) is 0 Å². The van der Waals surface area contributed by atoms with Gasteiger partial charge in [-0.1, -0.05) is 66.7 Å². The molecule has 0 spiro atoms. The SMILES string of the molecule is O=C(c1cccnc1)N(NCc1ccccc1)c1cccc(NCc2ccccc2)n1. The van der Waals surface area contributed by atoms with Crippen molar-refractivity contribution in [1.82, 2.24) is 15.4 Å². The molecule has 6 nitrogen and oxygen atoms in total. The summed E-state index contributed by atoms with van der Waals surface area (Å²) in [6, 6.07) is 29.1. The van der Waals surface area contributed by atoms with Crippen LogP contribution >= 0.6 is 0 Å². The summed E-state index contributed by atoms with van der Waals surface area (Å²) in [7, 11) is 0. The van der Waals surface area contributed by atoms with E-state index in [4.69, 9.17) is 0 Å². The van der Waals surface area contributed by atoms with Gasteiger partial charge in [-0.25, -0.2) is 15.4 Å². The molecule has 2 aromatic heterocycles. The third-order valence-corrected chi connectivity index (χ3v) is 4.68. The van der Waals surface area contributed by atoms with E-state index >= 15 is 0 Å². The maximum Gasteiger partial charge on any atom is 0.275 e. The number of aromatic nitrogens is 2. The van der Waals surface area contributed by atoms with Crippen molar-refractivity contribution < 1.29 is 4.79 Å². The molecule has 4 aromatic rings. The molecule has 0 fully saturated rings. The minimum absolute atomic E-state index is 0.225. The number of rotatable bonds is 8. The van der Waals surface area contributed by atoms with E-state index in [0.717, 1.165) is 11.1 Å². The Balaban J connectivity index is 1.55. The van der Waals surface area contributed by atoms with Crippen LogP contribution in [0.3, 0.4) is 0 Å². The van der Waals surface area contributed by atoms with Crippen LogP contribution < -0.4 is 15.8 Å². The summed E-state index contributed by atoms with van der Waals surface area (Å²) in [5, 5.41) is 4.79. The number of nitrogens with one attached hydrogen (secondary N) is 2.